The Labute approximate surface area is 158 Å². The van der Waals surface area contributed by atoms with Crippen molar-refractivity contribution in [2.75, 3.05) is 18.5 Å². The van der Waals surface area contributed by atoms with Crippen LogP contribution in [0.15, 0.2) is 48.5 Å². The first-order chi connectivity index (χ1) is 12.6. The predicted octanol–water partition coefficient (Wildman–Crippen LogP) is 4.66. The fraction of sp³-hybridized carbons (Fsp3) is 0.300. The third-order valence-electron chi connectivity index (χ3n) is 3.76. The van der Waals surface area contributed by atoms with Crippen molar-refractivity contribution in [2.45, 2.75) is 26.2 Å². The summed E-state index contributed by atoms with van der Waals surface area (Å²) in [5.41, 5.74) is 1.73. The fourth-order valence-corrected chi connectivity index (χ4v) is 2.57. The number of amides is 2. The van der Waals surface area contributed by atoms with E-state index in [4.69, 9.17) is 16.3 Å². The van der Waals surface area contributed by atoms with Crippen LogP contribution in [0.3, 0.4) is 0 Å². The topological polar surface area (TPSA) is 67.4 Å². The molecule has 138 valence electrons. The second-order valence-electron chi connectivity index (χ2n) is 5.76. The van der Waals surface area contributed by atoms with E-state index in [1.54, 1.807) is 24.3 Å². The summed E-state index contributed by atoms with van der Waals surface area (Å²) in [5, 5.41) is 6.14. The summed E-state index contributed by atoms with van der Waals surface area (Å²) in [6.45, 7) is 2.82. The van der Waals surface area contributed by atoms with Crippen LogP contribution < -0.4 is 10.6 Å². The van der Waals surface area contributed by atoms with Crippen LogP contribution in [0.2, 0.25) is 5.02 Å². The SMILES string of the molecule is CCCCOC(=O)c1ccccc1NC(=O)NCCc1ccccc1Cl. The number of urea groups is 1. The zero-order valence-corrected chi connectivity index (χ0v) is 15.5. The number of carbonyl (C=O) groups is 2. The number of carbonyl (C=O) groups excluding carboxylic acids is 2. The van der Waals surface area contributed by atoms with E-state index in [-0.39, 0.29) is 6.03 Å². The minimum Gasteiger partial charge on any atom is -0.462 e. The summed E-state index contributed by atoms with van der Waals surface area (Å²) >= 11 is 6.10. The van der Waals surface area contributed by atoms with Crippen LogP contribution in [-0.4, -0.2) is 25.2 Å². The summed E-state index contributed by atoms with van der Waals surface area (Å²) in [6, 6.07) is 13.9. The Morgan fingerprint density at radius 1 is 1.08 bits per heavy atom. The van der Waals surface area contributed by atoms with Gasteiger partial charge in [-0.25, -0.2) is 9.59 Å². The maximum atomic E-state index is 12.1. The van der Waals surface area contributed by atoms with Crippen LogP contribution in [0.4, 0.5) is 10.5 Å². The number of nitrogens with one attached hydrogen (secondary N) is 2. The number of ether oxygens (including phenoxy) is 1. The van der Waals surface area contributed by atoms with Gasteiger partial charge in [-0.2, -0.15) is 0 Å². The molecule has 2 amide bonds. The molecule has 0 radical (unpaired) electrons. The Kier molecular flexibility index (Phi) is 7.96. The third-order valence-corrected chi connectivity index (χ3v) is 4.13. The van der Waals surface area contributed by atoms with Crippen molar-refractivity contribution in [1.29, 1.82) is 0 Å². The molecule has 0 fully saturated rings. The first-order valence-electron chi connectivity index (χ1n) is 8.66. The van der Waals surface area contributed by atoms with E-state index in [1.165, 1.54) is 0 Å². The molecule has 2 rings (SSSR count). The van der Waals surface area contributed by atoms with Crippen LogP contribution >= 0.6 is 11.6 Å². The fourth-order valence-electron chi connectivity index (χ4n) is 2.34. The average Bonchev–Trinajstić information content (AvgIpc) is 2.64. The zero-order chi connectivity index (χ0) is 18.8. The lowest BCUT2D eigenvalue weighted by atomic mass is 10.1. The van der Waals surface area contributed by atoms with Gasteiger partial charge in [0.25, 0.3) is 0 Å². The van der Waals surface area contributed by atoms with Crippen molar-refractivity contribution in [3.63, 3.8) is 0 Å². The van der Waals surface area contributed by atoms with Crippen LogP contribution in [-0.2, 0) is 11.2 Å². The number of para-hydroxylation sites is 1. The van der Waals surface area contributed by atoms with E-state index in [1.807, 2.05) is 31.2 Å². The molecule has 26 heavy (non-hydrogen) atoms. The van der Waals surface area contributed by atoms with Crippen molar-refractivity contribution in [2.24, 2.45) is 0 Å². The Morgan fingerprint density at radius 3 is 2.58 bits per heavy atom. The molecule has 0 aliphatic rings. The molecule has 0 heterocycles. The predicted molar refractivity (Wildman–Crippen MR) is 104 cm³/mol. The highest BCUT2D eigenvalue weighted by molar-refractivity contribution is 6.31. The molecule has 0 aliphatic carbocycles. The Balaban J connectivity index is 1.88. The van der Waals surface area contributed by atoms with Gasteiger partial charge in [0.2, 0.25) is 0 Å². The van der Waals surface area contributed by atoms with Crippen LogP contribution in [0, 0.1) is 0 Å². The van der Waals surface area contributed by atoms with Gasteiger partial charge in [0.15, 0.2) is 0 Å². The smallest absolute Gasteiger partial charge is 0.340 e. The number of esters is 1. The van der Waals surface area contributed by atoms with Gasteiger partial charge in [0.1, 0.15) is 0 Å². The van der Waals surface area contributed by atoms with Gasteiger partial charge in [-0.05, 0) is 36.6 Å². The maximum absolute atomic E-state index is 12.1. The molecule has 0 saturated carbocycles. The van der Waals surface area contributed by atoms with E-state index < -0.39 is 5.97 Å². The van der Waals surface area contributed by atoms with E-state index in [2.05, 4.69) is 10.6 Å². The minimum atomic E-state index is -0.439. The van der Waals surface area contributed by atoms with Crippen molar-refractivity contribution in [1.82, 2.24) is 5.32 Å². The van der Waals surface area contributed by atoms with Gasteiger partial charge in [0, 0.05) is 11.6 Å². The molecule has 5 nitrogen and oxygen atoms in total. The number of hydrogen-bond donors (Lipinski definition) is 2. The van der Waals surface area contributed by atoms with Gasteiger partial charge in [-0.1, -0.05) is 55.3 Å². The lowest BCUT2D eigenvalue weighted by Crippen LogP contribution is -2.31. The van der Waals surface area contributed by atoms with Gasteiger partial charge in [-0.3, -0.25) is 0 Å². The number of benzene rings is 2. The Hall–Kier alpha value is -2.53. The van der Waals surface area contributed by atoms with E-state index in [0.717, 1.165) is 18.4 Å². The summed E-state index contributed by atoms with van der Waals surface area (Å²) in [6.07, 6.45) is 2.37. The van der Waals surface area contributed by atoms with Gasteiger partial charge < -0.3 is 15.4 Å². The molecule has 0 atom stereocenters. The lowest BCUT2D eigenvalue weighted by Gasteiger charge is -2.12. The number of hydrogen-bond acceptors (Lipinski definition) is 3. The van der Waals surface area contributed by atoms with Crippen molar-refractivity contribution >= 4 is 29.3 Å². The summed E-state index contributed by atoms with van der Waals surface area (Å²) in [7, 11) is 0. The minimum absolute atomic E-state index is 0.338. The maximum Gasteiger partial charge on any atom is 0.340 e. The second-order valence-corrected chi connectivity index (χ2v) is 6.16. The zero-order valence-electron chi connectivity index (χ0n) is 14.8. The van der Waals surface area contributed by atoms with E-state index in [9.17, 15) is 9.59 Å². The number of unbranched alkanes of at least 4 members (excludes halogenated alkanes) is 1. The molecule has 2 aromatic rings. The lowest BCUT2D eigenvalue weighted by molar-refractivity contribution is 0.0501. The van der Waals surface area contributed by atoms with E-state index in [0.29, 0.717) is 35.8 Å². The molecule has 0 unspecified atom stereocenters. The highest BCUT2D eigenvalue weighted by atomic mass is 35.5. The second kappa shape index (κ2) is 10.5. The molecule has 6 heteroatoms. The first kappa shape index (κ1) is 19.8. The van der Waals surface area contributed by atoms with Crippen molar-refractivity contribution in [3.8, 4) is 0 Å². The van der Waals surface area contributed by atoms with E-state index >= 15 is 0 Å². The highest BCUT2D eigenvalue weighted by Crippen LogP contribution is 2.17. The van der Waals surface area contributed by atoms with Crippen molar-refractivity contribution < 1.29 is 14.3 Å². The number of rotatable bonds is 8. The van der Waals surface area contributed by atoms with Crippen LogP contribution in [0.5, 0.6) is 0 Å². The molecular formula is C20H23ClN2O3. The average molecular weight is 375 g/mol. The molecule has 2 aromatic carbocycles. The Bertz CT molecular complexity index is 749. The number of halogens is 1. The monoisotopic (exact) mass is 374 g/mol. The van der Waals surface area contributed by atoms with Gasteiger partial charge >= 0.3 is 12.0 Å². The van der Waals surface area contributed by atoms with Crippen LogP contribution in [0.25, 0.3) is 0 Å². The molecule has 2 N–H and O–H groups in total. The molecule has 0 saturated heterocycles. The van der Waals surface area contributed by atoms with Crippen molar-refractivity contribution in [3.05, 3.63) is 64.7 Å². The quantitative estimate of drug-likeness (QED) is 0.521. The van der Waals surface area contributed by atoms with Gasteiger partial charge in [-0.15, -0.1) is 0 Å². The largest absolute Gasteiger partial charge is 0.462 e. The molecule has 0 bridgehead atoms. The molecular weight excluding hydrogens is 352 g/mol. The van der Waals surface area contributed by atoms with Crippen LogP contribution in [0.1, 0.15) is 35.7 Å². The normalized spacial score (nSPS) is 10.2. The summed E-state index contributed by atoms with van der Waals surface area (Å²) in [5.74, 6) is -0.439. The highest BCUT2D eigenvalue weighted by Gasteiger charge is 2.14. The summed E-state index contributed by atoms with van der Waals surface area (Å²) < 4.78 is 5.22. The Morgan fingerprint density at radius 2 is 1.81 bits per heavy atom. The molecule has 0 spiro atoms. The molecule has 0 aromatic heterocycles. The standard InChI is InChI=1S/C20H23ClN2O3/c1-2-3-14-26-19(24)16-9-5-7-11-18(16)23-20(25)22-13-12-15-8-4-6-10-17(15)21/h4-11H,2-3,12-14H2,1H3,(H2,22,23,25). The van der Waals surface area contributed by atoms with Gasteiger partial charge in [0.05, 0.1) is 17.9 Å². The first-order valence-corrected chi connectivity index (χ1v) is 9.04. The summed E-state index contributed by atoms with van der Waals surface area (Å²) in [4.78, 5) is 24.3. The number of anilines is 1. The molecule has 0 aliphatic heterocycles. The third kappa shape index (κ3) is 6.08.